The van der Waals surface area contributed by atoms with E-state index in [0.717, 1.165) is 19.5 Å². The third-order valence-corrected chi connectivity index (χ3v) is 5.62. The monoisotopic (exact) mass is 360 g/mol. The molecule has 3 rings (SSSR count). The molecule has 6 heteroatoms. The number of aryl methyl sites for hydroxylation is 1. The molecule has 0 spiro atoms. The highest BCUT2D eigenvalue weighted by Crippen LogP contribution is 2.22. The minimum absolute atomic E-state index is 0.0717. The van der Waals surface area contributed by atoms with Crippen LogP contribution in [0.2, 0.25) is 0 Å². The number of carbonyl (C=O) groups is 1. The first-order valence-corrected chi connectivity index (χ1v) is 9.36. The van der Waals surface area contributed by atoms with Crippen LogP contribution >= 0.6 is 11.3 Å². The van der Waals surface area contributed by atoms with Crippen LogP contribution < -0.4 is 5.32 Å². The van der Waals surface area contributed by atoms with Gasteiger partial charge in [-0.15, -0.1) is 11.3 Å². The van der Waals surface area contributed by atoms with Crippen molar-refractivity contribution in [3.63, 3.8) is 0 Å². The van der Waals surface area contributed by atoms with Crippen molar-refractivity contribution in [1.29, 1.82) is 0 Å². The van der Waals surface area contributed by atoms with Gasteiger partial charge in [0.2, 0.25) is 0 Å². The van der Waals surface area contributed by atoms with Crippen molar-refractivity contribution in [2.75, 3.05) is 19.6 Å². The number of phenolic OH excluding ortho intramolecular Hbond substituents is 1. The maximum atomic E-state index is 12.1. The molecule has 2 unspecified atom stereocenters. The van der Waals surface area contributed by atoms with Gasteiger partial charge in [-0.1, -0.05) is 0 Å². The summed E-state index contributed by atoms with van der Waals surface area (Å²) in [5.41, 5.74) is 0.512. The molecule has 5 nitrogen and oxygen atoms in total. The number of thiophene rings is 1. The zero-order chi connectivity index (χ0) is 17.8. The van der Waals surface area contributed by atoms with Crippen molar-refractivity contribution in [2.24, 2.45) is 5.92 Å². The van der Waals surface area contributed by atoms with E-state index in [2.05, 4.69) is 29.3 Å². The average molecular weight is 360 g/mol. The predicted octanol–water partition coefficient (Wildman–Crippen LogP) is 2.37. The molecule has 1 aromatic heterocycles. The first-order chi connectivity index (χ1) is 12.0. The van der Waals surface area contributed by atoms with Crippen LogP contribution in [0, 0.1) is 12.8 Å². The third-order valence-electron chi connectivity index (χ3n) is 4.64. The third kappa shape index (κ3) is 4.81. The van der Waals surface area contributed by atoms with E-state index in [1.807, 2.05) is 0 Å². The SMILES string of the molecule is Cc1ccc(CN2CCC(CNC(=O)c3ccc(O)cc3)C(O)C2)s1. The summed E-state index contributed by atoms with van der Waals surface area (Å²) in [5.74, 6) is 0.0337. The van der Waals surface area contributed by atoms with E-state index in [-0.39, 0.29) is 17.6 Å². The van der Waals surface area contributed by atoms with Crippen molar-refractivity contribution < 1.29 is 15.0 Å². The van der Waals surface area contributed by atoms with Gasteiger partial charge in [-0.2, -0.15) is 0 Å². The Morgan fingerprint density at radius 3 is 2.68 bits per heavy atom. The lowest BCUT2D eigenvalue weighted by Gasteiger charge is -2.35. The molecule has 134 valence electrons. The van der Waals surface area contributed by atoms with Crippen LogP contribution in [0.4, 0.5) is 0 Å². The summed E-state index contributed by atoms with van der Waals surface area (Å²) in [4.78, 5) is 17.0. The zero-order valence-electron chi connectivity index (χ0n) is 14.3. The van der Waals surface area contributed by atoms with Crippen molar-refractivity contribution in [1.82, 2.24) is 10.2 Å². The second-order valence-electron chi connectivity index (χ2n) is 6.62. The van der Waals surface area contributed by atoms with Gasteiger partial charge in [0.1, 0.15) is 5.75 Å². The zero-order valence-corrected chi connectivity index (χ0v) is 15.1. The molecule has 0 bridgehead atoms. The molecule has 25 heavy (non-hydrogen) atoms. The molecule has 0 aliphatic carbocycles. The molecule has 0 radical (unpaired) electrons. The highest BCUT2D eigenvalue weighted by molar-refractivity contribution is 7.11. The number of aromatic hydroxyl groups is 1. The van der Waals surface area contributed by atoms with Crippen LogP contribution in [-0.4, -0.2) is 46.8 Å². The number of β-amino-alcohol motifs (C(OH)–C–C–N with tert-alkyl or cyclic N) is 1. The minimum Gasteiger partial charge on any atom is -0.508 e. The number of hydrogen-bond acceptors (Lipinski definition) is 5. The van der Waals surface area contributed by atoms with Crippen LogP contribution in [-0.2, 0) is 6.54 Å². The van der Waals surface area contributed by atoms with Crippen LogP contribution in [0.1, 0.15) is 26.5 Å². The Morgan fingerprint density at radius 2 is 2.04 bits per heavy atom. The minimum atomic E-state index is -0.435. The van der Waals surface area contributed by atoms with E-state index in [0.29, 0.717) is 18.7 Å². The predicted molar refractivity (Wildman–Crippen MR) is 98.9 cm³/mol. The number of hydrogen-bond donors (Lipinski definition) is 3. The Bertz CT molecular complexity index is 714. The lowest BCUT2D eigenvalue weighted by molar-refractivity contribution is 0.0193. The molecule has 1 aliphatic rings. The maximum Gasteiger partial charge on any atom is 0.251 e. The number of rotatable bonds is 5. The van der Waals surface area contributed by atoms with Gasteiger partial charge in [-0.3, -0.25) is 9.69 Å². The quantitative estimate of drug-likeness (QED) is 0.765. The summed E-state index contributed by atoms with van der Waals surface area (Å²) in [6.45, 7) is 5.01. The topological polar surface area (TPSA) is 72.8 Å². The number of aliphatic hydroxyl groups excluding tert-OH is 1. The molecule has 1 saturated heterocycles. The molecule has 0 saturated carbocycles. The van der Waals surface area contributed by atoms with Gasteiger partial charge >= 0.3 is 0 Å². The molecule has 2 atom stereocenters. The van der Waals surface area contributed by atoms with E-state index < -0.39 is 6.10 Å². The number of nitrogens with one attached hydrogen (secondary N) is 1. The Morgan fingerprint density at radius 1 is 1.28 bits per heavy atom. The van der Waals surface area contributed by atoms with E-state index >= 15 is 0 Å². The summed E-state index contributed by atoms with van der Waals surface area (Å²) < 4.78 is 0. The number of carbonyl (C=O) groups excluding carboxylic acids is 1. The normalized spacial score (nSPS) is 21.2. The Hall–Kier alpha value is -1.89. The smallest absolute Gasteiger partial charge is 0.251 e. The first-order valence-electron chi connectivity index (χ1n) is 8.54. The lowest BCUT2D eigenvalue weighted by atomic mass is 9.93. The molecule has 3 N–H and O–H groups in total. The van der Waals surface area contributed by atoms with Gasteiger partial charge in [-0.25, -0.2) is 0 Å². The molecule has 2 heterocycles. The van der Waals surface area contributed by atoms with Crippen LogP contribution in [0.15, 0.2) is 36.4 Å². The number of likely N-dealkylation sites (tertiary alicyclic amines) is 1. The molecular weight excluding hydrogens is 336 g/mol. The van der Waals surface area contributed by atoms with Crippen LogP contribution in [0.25, 0.3) is 0 Å². The maximum absolute atomic E-state index is 12.1. The number of benzene rings is 1. The molecule has 1 fully saturated rings. The molecule has 1 aliphatic heterocycles. The molecule has 2 aromatic rings. The summed E-state index contributed by atoms with van der Waals surface area (Å²) in [6, 6.07) is 10.4. The fourth-order valence-corrected chi connectivity index (χ4v) is 4.09. The fraction of sp³-hybridized carbons (Fsp3) is 0.421. The average Bonchev–Trinajstić information content (AvgIpc) is 2.99. The number of aliphatic hydroxyl groups is 1. The van der Waals surface area contributed by atoms with Crippen molar-refractivity contribution in [3.05, 3.63) is 51.7 Å². The number of piperidine rings is 1. The summed E-state index contributed by atoms with van der Waals surface area (Å²) >= 11 is 1.80. The van der Waals surface area contributed by atoms with E-state index in [9.17, 15) is 15.0 Å². The van der Waals surface area contributed by atoms with Crippen molar-refractivity contribution >= 4 is 17.2 Å². The van der Waals surface area contributed by atoms with Crippen LogP contribution in [0.3, 0.4) is 0 Å². The van der Waals surface area contributed by atoms with Gasteiger partial charge in [0.05, 0.1) is 6.10 Å². The van der Waals surface area contributed by atoms with E-state index in [1.165, 1.54) is 21.9 Å². The number of phenols is 1. The summed E-state index contributed by atoms with van der Waals surface area (Å²) in [6.07, 6.45) is 0.427. The largest absolute Gasteiger partial charge is 0.508 e. The van der Waals surface area contributed by atoms with Gasteiger partial charge in [0.25, 0.3) is 5.91 Å². The van der Waals surface area contributed by atoms with Gasteiger partial charge in [0.15, 0.2) is 0 Å². The second-order valence-corrected chi connectivity index (χ2v) is 7.99. The molecule has 1 amide bonds. The summed E-state index contributed by atoms with van der Waals surface area (Å²) in [5, 5.41) is 22.6. The first kappa shape index (κ1) is 17.9. The van der Waals surface area contributed by atoms with E-state index in [4.69, 9.17) is 0 Å². The lowest BCUT2D eigenvalue weighted by Crippen LogP contribution is -2.47. The van der Waals surface area contributed by atoms with Gasteiger partial charge in [-0.05, 0) is 56.3 Å². The van der Waals surface area contributed by atoms with Gasteiger partial charge < -0.3 is 15.5 Å². The standard InChI is InChI=1S/C19H24N2O3S/c1-13-2-7-17(25-13)11-21-9-8-15(18(23)12-21)10-20-19(24)14-3-5-16(22)6-4-14/h2-7,15,18,22-23H,8-12H2,1H3,(H,20,24). The molecular formula is C19H24N2O3S. The number of nitrogens with zero attached hydrogens (tertiary/aromatic N) is 1. The summed E-state index contributed by atoms with van der Waals surface area (Å²) in [7, 11) is 0. The number of amides is 1. The second kappa shape index (κ2) is 7.99. The van der Waals surface area contributed by atoms with Crippen molar-refractivity contribution in [3.8, 4) is 5.75 Å². The van der Waals surface area contributed by atoms with Crippen LogP contribution in [0.5, 0.6) is 5.75 Å². The highest BCUT2D eigenvalue weighted by Gasteiger charge is 2.28. The van der Waals surface area contributed by atoms with Gasteiger partial charge in [0, 0.05) is 40.9 Å². The Kier molecular flexibility index (Phi) is 5.73. The fourth-order valence-electron chi connectivity index (χ4n) is 3.16. The Balaban J connectivity index is 1.46. The molecule has 1 aromatic carbocycles. The highest BCUT2D eigenvalue weighted by atomic mass is 32.1. The van der Waals surface area contributed by atoms with Crippen molar-refractivity contribution in [2.45, 2.75) is 26.0 Å². The Labute approximate surface area is 151 Å². The van der Waals surface area contributed by atoms with E-state index in [1.54, 1.807) is 23.5 Å².